The Morgan fingerprint density at radius 1 is 1.27 bits per heavy atom. The van der Waals surface area contributed by atoms with Crippen molar-refractivity contribution in [3.05, 3.63) is 33.9 Å². The van der Waals surface area contributed by atoms with Gasteiger partial charge in [0.15, 0.2) is 0 Å². The summed E-state index contributed by atoms with van der Waals surface area (Å²) in [5.74, 6) is -0.293. The van der Waals surface area contributed by atoms with Gasteiger partial charge >= 0.3 is 0 Å². The third-order valence-corrected chi connectivity index (χ3v) is 6.07. The van der Waals surface area contributed by atoms with E-state index in [1.807, 2.05) is 13.8 Å². The van der Waals surface area contributed by atoms with Crippen molar-refractivity contribution in [3.63, 3.8) is 0 Å². The minimum Gasteiger partial charge on any atom is -0.365 e. The highest BCUT2D eigenvalue weighted by Gasteiger charge is 2.43. The zero-order valence-electron chi connectivity index (χ0n) is 17.5. The van der Waals surface area contributed by atoms with Crippen LogP contribution >= 0.6 is 0 Å². The van der Waals surface area contributed by atoms with Gasteiger partial charge in [0.1, 0.15) is 0 Å². The summed E-state index contributed by atoms with van der Waals surface area (Å²) in [7, 11) is 0. The summed E-state index contributed by atoms with van der Waals surface area (Å²) in [5, 5.41) is 17.3. The molecule has 2 fully saturated rings. The molecule has 2 aliphatic heterocycles. The minimum absolute atomic E-state index is 0.00994. The number of benzene rings is 1. The first-order chi connectivity index (χ1) is 14.3. The van der Waals surface area contributed by atoms with E-state index < -0.39 is 4.92 Å². The van der Waals surface area contributed by atoms with Crippen molar-refractivity contribution in [3.8, 4) is 0 Å². The highest BCUT2D eigenvalue weighted by Crippen LogP contribution is 2.38. The standard InChI is InChI=1S/C21H29N5O4/c1-13(2)22-20(27)12-24-7-8-25-18-6-5-16(26(29)30)9-14(18)10-17(19(25)11-24)21(28)23-15-3-4-15/h5-6,9,13,15,17,19H,3-4,7-8,10-12H2,1-2H3,(H,22,27)(H,23,28). The maximum atomic E-state index is 13.0. The summed E-state index contributed by atoms with van der Waals surface area (Å²) in [4.78, 5) is 40.4. The Kier molecular flexibility index (Phi) is 5.64. The zero-order chi connectivity index (χ0) is 21.4. The number of hydrogen-bond acceptors (Lipinski definition) is 6. The Balaban J connectivity index is 1.57. The zero-order valence-corrected chi connectivity index (χ0v) is 17.5. The summed E-state index contributed by atoms with van der Waals surface area (Å²) in [6.07, 6.45) is 2.50. The number of carbonyl (C=O) groups excluding carboxylic acids is 2. The van der Waals surface area contributed by atoms with Gasteiger partial charge in [-0.25, -0.2) is 0 Å². The number of nitro groups is 1. The number of nitro benzene ring substituents is 1. The van der Waals surface area contributed by atoms with E-state index in [9.17, 15) is 19.7 Å². The largest absolute Gasteiger partial charge is 0.365 e. The van der Waals surface area contributed by atoms with Crippen molar-refractivity contribution < 1.29 is 14.5 Å². The van der Waals surface area contributed by atoms with Crippen molar-refractivity contribution in [2.45, 2.75) is 51.2 Å². The van der Waals surface area contributed by atoms with Gasteiger partial charge in [0, 0.05) is 49.5 Å². The molecular weight excluding hydrogens is 386 g/mol. The Labute approximate surface area is 175 Å². The number of piperazine rings is 1. The van der Waals surface area contributed by atoms with E-state index in [1.165, 1.54) is 6.07 Å². The fourth-order valence-electron chi connectivity index (χ4n) is 4.53. The van der Waals surface area contributed by atoms with Crippen molar-refractivity contribution in [2.24, 2.45) is 5.92 Å². The number of nitrogens with zero attached hydrogens (tertiary/aromatic N) is 3. The number of anilines is 1. The van der Waals surface area contributed by atoms with Gasteiger partial charge in [0.2, 0.25) is 11.8 Å². The normalized spacial score (nSPS) is 23.5. The molecule has 0 radical (unpaired) electrons. The number of hydrogen-bond donors (Lipinski definition) is 2. The van der Waals surface area contributed by atoms with E-state index in [0.29, 0.717) is 32.6 Å². The van der Waals surface area contributed by atoms with Gasteiger partial charge in [0.25, 0.3) is 5.69 Å². The predicted octanol–water partition coefficient (Wildman–Crippen LogP) is 1.06. The maximum absolute atomic E-state index is 13.0. The lowest BCUT2D eigenvalue weighted by Crippen LogP contribution is -2.62. The molecule has 30 heavy (non-hydrogen) atoms. The number of amides is 2. The SMILES string of the molecule is CC(C)NC(=O)CN1CCN2c3ccc([N+](=O)[O-])cc3CC(C(=O)NC3CC3)C2C1. The minimum atomic E-state index is -0.392. The quantitative estimate of drug-likeness (QED) is 0.531. The van der Waals surface area contributed by atoms with Crippen LogP contribution < -0.4 is 15.5 Å². The molecule has 0 spiro atoms. The predicted molar refractivity (Wildman–Crippen MR) is 112 cm³/mol. The first-order valence-corrected chi connectivity index (χ1v) is 10.7. The summed E-state index contributed by atoms with van der Waals surface area (Å²) in [6, 6.07) is 5.23. The van der Waals surface area contributed by atoms with Crippen molar-refractivity contribution >= 4 is 23.2 Å². The van der Waals surface area contributed by atoms with Gasteiger partial charge < -0.3 is 15.5 Å². The smallest absolute Gasteiger partial charge is 0.269 e. The fraction of sp³-hybridized carbons (Fsp3) is 0.619. The molecule has 2 N–H and O–H groups in total. The number of rotatable bonds is 6. The summed E-state index contributed by atoms with van der Waals surface area (Å²) in [5.41, 5.74) is 1.87. The molecule has 2 amide bonds. The third kappa shape index (κ3) is 4.40. The maximum Gasteiger partial charge on any atom is 0.269 e. The second-order valence-corrected chi connectivity index (χ2v) is 8.88. The van der Waals surface area contributed by atoms with E-state index in [1.54, 1.807) is 12.1 Å². The molecule has 2 unspecified atom stereocenters. The van der Waals surface area contributed by atoms with Gasteiger partial charge in [0.05, 0.1) is 23.4 Å². The molecular formula is C21H29N5O4. The van der Waals surface area contributed by atoms with Crippen LogP contribution in [0.25, 0.3) is 0 Å². The van der Waals surface area contributed by atoms with Crippen LogP contribution in [0.4, 0.5) is 11.4 Å². The molecule has 2 heterocycles. The number of non-ortho nitro benzene ring substituents is 1. The highest BCUT2D eigenvalue weighted by molar-refractivity contribution is 5.83. The topological polar surface area (TPSA) is 108 Å². The van der Waals surface area contributed by atoms with Crippen LogP contribution in [-0.2, 0) is 16.0 Å². The molecule has 3 aliphatic rings. The number of fused-ring (bicyclic) bond motifs is 3. The van der Waals surface area contributed by atoms with Crippen LogP contribution in [0.2, 0.25) is 0 Å². The van der Waals surface area contributed by atoms with Crippen LogP contribution in [0.5, 0.6) is 0 Å². The van der Waals surface area contributed by atoms with Gasteiger partial charge in [-0.1, -0.05) is 0 Å². The van der Waals surface area contributed by atoms with E-state index in [0.717, 1.165) is 24.1 Å². The van der Waals surface area contributed by atoms with Gasteiger partial charge in [-0.15, -0.1) is 0 Å². The average molecular weight is 415 g/mol. The Hall–Kier alpha value is -2.68. The molecule has 4 rings (SSSR count). The molecule has 1 aromatic rings. The molecule has 1 aromatic carbocycles. The Bertz CT molecular complexity index is 854. The molecule has 2 atom stereocenters. The monoisotopic (exact) mass is 415 g/mol. The lowest BCUT2D eigenvalue weighted by Gasteiger charge is -2.49. The van der Waals surface area contributed by atoms with Gasteiger partial charge in [-0.05, 0) is 44.7 Å². The molecule has 162 valence electrons. The fourth-order valence-corrected chi connectivity index (χ4v) is 4.53. The third-order valence-electron chi connectivity index (χ3n) is 6.07. The second-order valence-electron chi connectivity index (χ2n) is 8.88. The molecule has 9 nitrogen and oxygen atoms in total. The summed E-state index contributed by atoms with van der Waals surface area (Å²) < 4.78 is 0. The van der Waals surface area contributed by atoms with Crippen molar-refractivity contribution in [2.75, 3.05) is 31.1 Å². The average Bonchev–Trinajstić information content (AvgIpc) is 3.49. The highest BCUT2D eigenvalue weighted by atomic mass is 16.6. The van der Waals surface area contributed by atoms with Crippen molar-refractivity contribution in [1.82, 2.24) is 15.5 Å². The first kappa shape index (κ1) is 20.6. The lowest BCUT2D eigenvalue weighted by molar-refractivity contribution is -0.384. The van der Waals surface area contributed by atoms with Crippen LogP contribution in [-0.4, -0.2) is 65.9 Å². The van der Waals surface area contributed by atoms with Crippen LogP contribution in [0, 0.1) is 16.0 Å². The van der Waals surface area contributed by atoms with Crippen LogP contribution in [0.1, 0.15) is 32.3 Å². The molecule has 1 saturated carbocycles. The molecule has 1 aliphatic carbocycles. The summed E-state index contributed by atoms with van der Waals surface area (Å²) >= 11 is 0. The van der Waals surface area contributed by atoms with E-state index in [-0.39, 0.29) is 41.5 Å². The van der Waals surface area contributed by atoms with E-state index in [2.05, 4.69) is 20.4 Å². The number of carbonyl (C=O) groups is 2. The second kappa shape index (κ2) is 8.22. The van der Waals surface area contributed by atoms with Gasteiger partial charge in [-0.3, -0.25) is 24.6 Å². The molecule has 0 aromatic heterocycles. The van der Waals surface area contributed by atoms with Crippen LogP contribution in [0.15, 0.2) is 18.2 Å². The van der Waals surface area contributed by atoms with Crippen molar-refractivity contribution in [1.29, 1.82) is 0 Å². The molecule has 9 heteroatoms. The van der Waals surface area contributed by atoms with Crippen LogP contribution in [0.3, 0.4) is 0 Å². The number of nitrogens with one attached hydrogen (secondary N) is 2. The first-order valence-electron chi connectivity index (χ1n) is 10.7. The summed E-state index contributed by atoms with van der Waals surface area (Å²) in [6.45, 7) is 6.18. The Morgan fingerprint density at radius 2 is 2.03 bits per heavy atom. The molecule has 0 bridgehead atoms. The Morgan fingerprint density at radius 3 is 2.70 bits per heavy atom. The molecule has 1 saturated heterocycles. The van der Waals surface area contributed by atoms with E-state index in [4.69, 9.17) is 0 Å². The lowest BCUT2D eigenvalue weighted by atomic mass is 9.83. The van der Waals surface area contributed by atoms with Gasteiger partial charge in [-0.2, -0.15) is 0 Å². The van der Waals surface area contributed by atoms with E-state index >= 15 is 0 Å².